The average Bonchev–Trinajstić information content (AvgIpc) is 2.19. The van der Waals surface area contributed by atoms with Crippen LogP contribution in [0.3, 0.4) is 0 Å². The standard InChI is InChI=1S/C9H12N2O5/c1-3-15-7(13)5-6(12)8(11-10)9(14)16-4-2/h3-5H2,1-2H3. The summed E-state index contributed by atoms with van der Waals surface area (Å²) in [7, 11) is 0. The van der Waals surface area contributed by atoms with Crippen LogP contribution in [0.1, 0.15) is 20.3 Å². The van der Waals surface area contributed by atoms with Crippen molar-refractivity contribution in [3.63, 3.8) is 0 Å². The lowest BCUT2D eigenvalue weighted by Crippen LogP contribution is -2.29. The van der Waals surface area contributed by atoms with E-state index in [1.807, 2.05) is 0 Å². The lowest BCUT2D eigenvalue weighted by atomic mass is 10.2. The topological polar surface area (TPSA) is 106 Å². The molecule has 0 aliphatic heterocycles. The van der Waals surface area contributed by atoms with Crippen molar-refractivity contribution >= 4 is 23.4 Å². The second-order valence-electron chi connectivity index (χ2n) is 2.57. The van der Waals surface area contributed by atoms with Crippen LogP contribution in [-0.4, -0.2) is 41.4 Å². The minimum absolute atomic E-state index is 0.0323. The van der Waals surface area contributed by atoms with E-state index in [1.54, 1.807) is 6.92 Å². The summed E-state index contributed by atoms with van der Waals surface area (Å²) < 4.78 is 8.95. The molecule has 0 rings (SSSR count). The third kappa shape index (κ3) is 4.47. The van der Waals surface area contributed by atoms with Crippen LogP contribution in [0.4, 0.5) is 0 Å². The first-order valence-electron chi connectivity index (χ1n) is 4.64. The Morgan fingerprint density at radius 1 is 1.12 bits per heavy atom. The van der Waals surface area contributed by atoms with Gasteiger partial charge < -0.3 is 15.0 Å². The number of esters is 2. The summed E-state index contributed by atoms with van der Waals surface area (Å²) >= 11 is 0. The molecule has 0 fully saturated rings. The summed E-state index contributed by atoms with van der Waals surface area (Å²) in [6.45, 7) is 3.26. The summed E-state index contributed by atoms with van der Waals surface area (Å²) in [5.41, 5.74) is 7.64. The average molecular weight is 228 g/mol. The number of rotatable bonds is 6. The first kappa shape index (κ1) is 14.0. The van der Waals surface area contributed by atoms with Gasteiger partial charge in [0.2, 0.25) is 0 Å². The third-order valence-corrected chi connectivity index (χ3v) is 1.44. The van der Waals surface area contributed by atoms with Crippen LogP contribution in [0.15, 0.2) is 0 Å². The maximum atomic E-state index is 11.3. The first-order chi connectivity index (χ1) is 7.56. The van der Waals surface area contributed by atoms with E-state index in [-0.39, 0.29) is 13.2 Å². The van der Waals surface area contributed by atoms with Gasteiger partial charge in [-0.1, -0.05) is 0 Å². The van der Waals surface area contributed by atoms with Crippen molar-refractivity contribution in [1.82, 2.24) is 0 Å². The van der Waals surface area contributed by atoms with Gasteiger partial charge in [-0.25, -0.2) is 4.79 Å². The summed E-state index contributed by atoms with van der Waals surface area (Å²) in [5.74, 6) is -2.81. The van der Waals surface area contributed by atoms with Gasteiger partial charge in [-0.05, 0) is 13.8 Å². The van der Waals surface area contributed by atoms with Gasteiger partial charge in [0.25, 0.3) is 5.78 Å². The zero-order chi connectivity index (χ0) is 12.6. The molecule has 0 N–H and O–H groups in total. The van der Waals surface area contributed by atoms with E-state index in [2.05, 4.69) is 14.3 Å². The second-order valence-corrected chi connectivity index (χ2v) is 2.57. The molecule has 0 unspecified atom stereocenters. The maximum Gasteiger partial charge on any atom is 0.442 e. The van der Waals surface area contributed by atoms with Crippen LogP contribution in [0.2, 0.25) is 0 Å². The van der Waals surface area contributed by atoms with Crippen LogP contribution in [0, 0.1) is 0 Å². The van der Waals surface area contributed by atoms with Gasteiger partial charge in [-0.3, -0.25) is 9.59 Å². The van der Waals surface area contributed by atoms with Crippen molar-refractivity contribution < 1.29 is 28.6 Å². The number of carbonyl (C=O) groups excluding carboxylic acids is 3. The minimum atomic E-state index is -1.07. The Labute approximate surface area is 92.0 Å². The summed E-state index contributed by atoms with van der Waals surface area (Å²) in [5, 5.41) is 0. The Hall–Kier alpha value is -2.01. The van der Waals surface area contributed by atoms with E-state index >= 15 is 0 Å². The van der Waals surface area contributed by atoms with Gasteiger partial charge >= 0.3 is 17.7 Å². The molecular weight excluding hydrogens is 216 g/mol. The third-order valence-electron chi connectivity index (χ3n) is 1.44. The molecule has 0 aromatic carbocycles. The van der Waals surface area contributed by atoms with Crippen molar-refractivity contribution in [3.8, 4) is 0 Å². The maximum absolute atomic E-state index is 11.3. The quantitative estimate of drug-likeness (QED) is 0.205. The van der Waals surface area contributed by atoms with Crippen molar-refractivity contribution in [1.29, 1.82) is 0 Å². The molecular formula is C9H12N2O5. The lowest BCUT2D eigenvalue weighted by Gasteiger charge is -1.98. The fourth-order valence-corrected chi connectivity index (χ4v) is 0.837. The van der Waals surface area contributed by atoms with Crippen molar-refractivity contribution in [2.45, 2.75) is 20.3 Å². The zero-order valence-electron chi connectivity index (χ0n) is 9.06. The highest BCUT2D eigenvalue weighted by Gasteiger charge is 2.32. The van der Waals surface area contributed by atoms with Gasteiger partial charge in [0.1, 0.15) is 6.42 Å². The fraction of sp³-hybridized carbons (Fsp3) is 0.556. The van der Waals surface area contributed by atoms with E-state index in [9.17, 15) is 14.4 Å². The molecule has 7 nitrogen and oxygen atoms in total. The number of carbonyl (C=O) groups is 3. The van der Waals surface area contributed by atoms with Crippen molar-refractivity contribution in [3.05, 3.63) is 5.53 Å². The normalized spacial score (nSPS) is 8.88. The predicted octanol–water partition coefficient (Wildman–Crippen LogP) is -0.257. The molecule has 0 aromatic heterocycles. The molecule has 7 heteroatoms. The zero-order valence-corrected chi connectivity index (χ0v) is 9.06. The highest BCUT2D eigenvalue weighted by Crippen LogP contribution is 1.93. The number of ether oxygens (including phenoxy) is 2. The Bertz CT molecular complexity index is 344. The molecule has 16 heavy (non-hydrogen) atoms. The summed E-state index contributed by atoms with van der Waals surface area (Å²) in [4.78, 5) is 35.8. The molecule has 0 heterocycles. The minimum Gasteiger partial charge on any atom is -0.466 e. The number of hydrogen-bond donors (Lipinski definition) is 0. The second kappa shape index (κ2) is 7.30. The molecule has 0 saturated carbocycles. The predicted molar refractivity (Wildman–Crippen MR) is 51.5 cm³/mol. The van der Waals surface area contributed by atoms with Crippen molar-refractivity contribution in [2.24, 2.45) is 0 Å². The monoisotopic (exact) mass is 228 g/mol. The Morgan fingerprint density at radius 2 is 1.69 bits per heavy atom. The van der Waals surface area contributed by atoms with E-state index in [0.29, 0.717) is 0 Å². The smallest absolute Gasteiger partial charge is 0.442 e. The largest absolute Gasteiger partial charge is 0.466 e. The van der Waals surface area contributed by atoms with E-state index in [4.69, 9.17) is 5.53 Å². The van der Waals surface area contributed by atoms with Crippen molar-refractivity contribution in [2.75, 3.05) is 13.2 Å². The molecule has 0 aliphatic rings. The van der Waals surface area contributed by atoms with E-state index in [1.165, 1.54) is 6.92 Å². The summed E-state index contributed by atoms with van der Waals surface area (Å²) in [6.07, 6.45) is -0.661. The van der Waals surface area contributed by atoms with Crippen LogP contribution in [0.25, 0.3) is 5.53 Å². The molecule has 0 atom stereocenters. The van der Waals surface area contributed by atoms with Gasteiger partial charge in [0.15, 0.2) is 0 Å². The van der Waals surface area contributed by atoms with E-state index < -0.39 is 29.9 Å². The SMILES string of the molecule is CCOC(=O)CC(=O)C(=[N+]=[N-])C(=O)OCC. The number of hydrogen-bond acceptors (Lipinski definition) is 5. The van der Waals surface area contributed by atoms with Gasteiger partial charge in [0.05, 0.1) is 13.2 Å². The number of Topliss-reactive ketones (excluding diaryl/α,β-unsaturated/α-hetero) is 1. The first-order valence-corrected chi connectivity index (χ1v) is 4.64. The number of nitrogens with zero attached hydrogens (tertiary/aromatic N) is 2. The Balaban J connectivity index is 4.51. The molecule has 0 aliphatic carbocycles. The Kier molecular flexibility index (Phi) is 6.39. The lowest BCUT2D eigenvalue weighted by molar-refractivity contribution is -0.146. The van der Waals surface area contributed by atoms with E-state index in [0.717, 1.165) is 0 Å². The highest BCUT2D eigenvalue weighted by molar-refractivity contribution is 6.63. The highest BCUT2D eigenvalue weighted by atomic mass is 16.5. The summed E-state index contributed by atoms with van der Waals surface area (Å²) in [6, 6.07) is 0. The Morgan fingerprint density at radius 3 is 2.12 bits per heavy atom. The molecule has 0 radical (unpaired) electrons. The fourth-order valence-electron chi connectivity index (χ4n) is 0.837. The van der Waals surface area contributed by atoms with Crippen LogP contribution >= 0.6 is 0 Å². The van der Waals surface area contributed by atoms with Crippen LogP contribution in [0.5, 0.6) is 0 Å². The molecule has 0 aromatic rings. The molecule has 0 amide bonds. The molecule has 0 bridgehead atoms. The molecule has 0 saturated heterocycles. The number of ketones is 1. The van der Waals surface area contributed by atoms with Crippen LogP contribution < -0.4 is 0 Å². The molecule has 0 spiro atoms. The van der Waals surface area contributed by atoms with Gasteiger partial charge in [-0.15, -0.1) is 0 Å². The van der Waals surface area contributed by atoms with Gasteiger partial charge in [0, 0.05) is 0 Å². The van der Waals surface area contributed by atoms with Gasteiger partial charge in [-0.2, -0.15) is 4.79 Å². The van der Waals surface area contributed by atoms with Crippen LogP contribution in [-0.2, 0) is 23.9 Å². The molecule has 88 valence electrons.